The van der Waals surface area contributed by atoms with Crippen LogP contribution >= 0.6 is 39.1 Å². The van der Waals surface area contributed by atoms with Crippen LogP contribution in [-0.4, -0.2) is 27.5 Å². The minimum absolute atomic E-state index is 0.0306. The number of halogens is 3. The summed E-state index contributed by atoms with van der Waals surface area (Å²) in [6, 6.07) is 10.8. The maximum Gasteiger partial charge on any atom is 0.496 e. The molecule has 0 spiro atoms. The Bertz CT molecular complexity index is 1600. The maximum absolute atomic E-state index is 12.2. The van der Waals surface area contributed by atoms with Crippen LogP contribution in [0.2, 0.25) is 10.0 Å². The van der Waals surface area contributed by atoms with Gasteiger partial charge in [-0.1, -0.05) is 29.3 Å². The highest BCUT2D eigenvalue weighted by Gasteiger charge is 2.52. The van der Waals surface area contributed by atoms with Crippen LogP contribution in [0.4, 0.5) is 0 Å². The van der Waals surface area contributed by atoms with Crippen LogP contribution in [0.5, 0.6) is 0 Å². The van der Waals surface area contributed by atoms with E-state index in [-0.39, 0.29) is 11.1 Å². The first-order chi connectivity index (χ1) is 16.7. The molecule has 36 heavy (non-hydrogen) atoms. The molecule has 1 aliphatic rings. The highest BCUT2D eigenvalue weighted by Crippen LogP contribution is 2.37. The summed E-state index contributed by atoms with van der Waals surface area (Å²) in [5.41, 5.74) is -0.205. The molecule has 188 valence electrons. The Balaban J connectivity index is 0.000000187. The zero-order valence-electron chi connectivity index (χ0n) is 20.9. The molecule has 0 amide bonds. The van der Waals surface area contributed by atoms with Crippen LogP contribution in [0.1, 0.15) is 27.7 Å². The highest BCUT2D eigenvalue weighted by molar-refractivity contribution is 9.10. The van der Waals surface area contributed by atoms with Crippen LogP contribution in [0.3, 0.4) is 0 Å². The SMILES string of the molecule is Cn1ccc2c(Cl)c(B3OC(C)(C)C(C)(C)O3)ccc2c1=O.Cn1ccc2c(Cl)c(Br)ccc2c1=O. The summed E-state index contributed by atoms with van der Waals surface area (Å²) in [5.74, 6) is 0. The van der Waals surface area contributed by atoms with E-state index >= 15 is 0 Å². The number of pyridine rings is 2. The second-order valence-corrected chi connectivity index (χ2v) is 11.4. The third kappa shape index (κ3) is 4.66. The Morgan fingerprint density at radius 3 is 1.67 bits per heavy atom. The zero-order chi connectivity index (χ0) is 26.6. The number of benzene rings is 2. The Labute approximate surface area is 228 Å². The van der Waals surface area contributed by atoms with Gasteiger partial charge in [-0.3, -0.25) is 9.59 Å². The lowest BCUT2D eigenvalue weighted by atomic mass is 9.78. The highest BCUT2D eigenvalue weighted by atomic mass is 79.9. The molecule has 4 aromatic rings. The Kier molecular flexibility index (Phi) is 7.23. The van der Waals surface area contributed by atoms with E-state index in [1.165, 1.54) is 9.13 Å². The van der Waals surface area contributed by atoms with Crippen LogP contribution in [0.15, 0.2) is 62.9 Å². The summed E-state index contributed by atoms with van der Waals surface area (Å²) in [7, 11) is 2.90. The van der Waals surface area contributed by atoms with Crippen LogP contribution in [-0.2, 0) is 23.4 Å². The van der Waals surface area contributed by atoms with Gasteiger partial charge in [-0.05, 0) is 74.0 Å². The van der Waals surface area contributed by atoms with E-state index in [1.807, 2.05) is 45.9 Å². The Morgan fingerprint density at radius 2 is 1.17 bits per heavy atom. The third-order valence-electron chi connectivity index (χ3n) is 6.88. The topological polar surface area (TPSA) is 62.5 Å². The van der Waals surface area contributed by atoms with Crippen LogP contribution < -0.4 is 16.6 Å². The van der Waals surface area contributed by atoms with Gasteiger partial charge in [0, 0.05) is 63.0 Å². The average molecular weight is 592 g/mol. The molecule has 2 aromatic heterocycles. The first kappa shape index (κ1) is 27.0. The normalized spacial score (nSPS) is 16.3. The molecule has 10 heteroatoms. The van der Waals surface area contributed by atoms with Crippen molar-refractivity contribution in [3.05, 3.63) is 84.0 Å². The molecule has 3 heterocycles. The molecule has 1 saturated heterocycles. The van der Waals surface area contributed by atoms with Crippen molar-refractivity contribution in [2.75, 3.05) is 0 Å². The van der Waals surface area contributed by atoms with E-state index in [4.69, 9.17) is 32.5 Å². The second-order valence-electron chi connectivity index (χ2n) is 9.80. The first-order valence-electron chi connectivity index (χ1n) is 11.3. The fourth-order valence-corrected chi connectivity index (χ4v) is 4.81. The van der Waals surface area contributed by atoms with Gasteiger partial charge in [-0.15, -0.1) is 0 Å². The van der Waals surface area contributed by atoms with Gasteiger partial charge >= 0.3 is 7.12 Å². The van der Waals surface area contributed by atoms with E-state index in [0.717, 1.165) is 20.7 Å². The molecule has 0 saturated carbocycles. The van der Waals surface area contributed by atoms with E-state index in [2.05, 4.69) is 15.9 Å². The Morgan fingerprint density at radius 1 is 0.722 bits per heavy atom. The number of nitrogens with zero attached hydrogens (tertiary/aromatic N) is 2. The monoisotopic (exact) mass is 590 g/mol. The van der Waals surface area contributed by atoms with Gasteiger partial charge in [0.2, 0.25) is 0 Å². The number of aromatic nitrogens is 2. The van der Waals surface area contributed by atoms with E-state index in [9.17, 15) is 9.59 Å². The number of aryl methyl sites for hydroxylation is 2. The maximum atomic E-state index is 12.2. The molecule has 0 unspecified atom stereocenters. The number of hydrogen-bond donors (Lipinski definition) is 0. The zero-order valence-corrected chi connectivity index (χ0v) is 24.0. The average Bonchev–Trinajstić information content (AvgIpc) is 3.03. The number of fused-ring (bicyclic) bond motifs is 2. The molecule has 0 atom stereocenters. The van der Waals surface area contributed by atoms with Gasteiger partial charge < -0.3 is 18.4 Å². The number of rotatable bonds is 1. The summed E-state index contributed by atoms with van der Waals surface area (Å²) in [6.45, 7) is 7.99. The summed E-state index contributed by atoms with van der Waals surface area (Å²) < 4.78 is 16.0. The molecule has 0 aliphatic carbocycles. The van der Waals surface area contributed by atoms with Crippen molar-refractivity contribution in [2.45, 2.75) is 38.9 Å². The van der Waals surface area contributed by atoms with E-state index < -0.39 is 18.3 Å². The molecule has 6 nitrogen and oxygen atoms in total. The van der Waals surface area contributed by atoms with Crippen molar-refractivity contribution in [3.8, 4) is 0 Å². The van der Waals surface area contributed by atoms with Crippen molar-refractivity contribution in [1.82, 2.24) is 9.13 Å². The summed E-state index contributed by atoms with van der Waals surface area (Å²) in [6.07, 6.45) is 3.42. The largest absolute Gasteiger partial charge is 0.496 e. The van der Waals surface area contributed by atoms with Gasteiger partial charge in [0.15, 0.2) is 0 Å². The summed E-state index contributed by atoms with van der Waals surface area (Å²) in [4.78, 5) is 23.8. The number of hydrogen-bond acceptors (Lipinski definition) is 4. The first-order valence-corrected chi connectivity index (χ1v) is 12.9. The molecule has 1 fully saturated rings. The lowest BCUT2D eigenvalue weighted by molar-refractivity contribution is 0.00578. The van der Waals surface area contributed by atoms with E-state index in [0.29, 0.717) is 20.8 Å². The predicted octanol–water partition coefficient (Wildman–Crippen LogP) is 5.45. The predicted molar refractivity (Wildman–Crippen MR) is 152 cm³/mol. The minimum Gasteiger partial charge on any atom is -0.399 e. The fraction of sp³-hybridized carbons (Fsp3) is 0.308. The van der Waals surface area contributed by atoms with Crippen LogP contribution in [0, 0.1) is 0 Å². The van der Waals surface area contributed by atoms with Crippen LogP contribution in [0.25, 0.3) is 21.5 Å². The fourth-order valence-electron chi connectivity index (χ4n) is 3.92. The van der Waals surface area contributed by atoms with Crippen molar-refractivity contribution < 1.29 is 9.31 Å². The van der Waals surface area contributed by atoms with Gasteiger partial charge in [-0.25, -0.2) is 0 Å². The quantitative estimate of drug-likeness (QED) is 0.276. The molecular formula is C26H26BBrCl2N2O4. The summed E-state index contributed by atoms with van der Waals surface area (Å²) in [5, 5.41) is 3.83. The molecule has 0 bridgehead atoms. The minimum atomic E-state index is -0.536. The van der Waals surface area contributed by atoms with Gasteiger partial charge in [0.25, 0.3) is 11.1 Å². The van der Waals surface area contributed by atoms with Gasteiger partial charge in [0.05, 0.1) is 16.2 Å². The summed E-state index contributed by atoms with van der Waals surface area (Å²) >= 11 is 15.9. The molecule has 2 aromatic carbocycles. The lowest BCUT2D eigenvalue weighted by Gasteiger charge is -2.32. The van der Waals surface area contributed by atoms with Crippen molar-refractivity contribution in [1.29, 1.82) is 0 Å². The second kappa shape index (κ2) is 9.65. The standard InChI is InChI=1S/C16H19BClNO3.C10H7BrClNO/c1-15(2)16(3,4)22-17(21-15)12-7-6-11-10(13(12)18)8-9-19(5)14(11)20;1-13-5-4-6-7(10(13)14)2-3-8(11)9(6)12/h6-9H,1-5H3;2-5H,1H3. The third-order valence-corrected chi connectivity index (χ3v) is 8.60. The van der Waals surface area contributed by atoms with Crippen molar-refractivity contribution in [3.63, 3.8) is 0 Å². The van der Waals surface area contributed by atoms with Crippen molar-refractivity contribution >= 4 is 73.3 Å². The van der Waals surface area contributed by atoms with E-state index in [1.54, 1.807) is 44.7 Å². The molecular weight excluding hydrogens is 566 g/mol. The van der Waals surface area contributed by atoms with Crippen molar-refractivity contribution in [2.24, 2.45) is 14.1 Å². The molecule has 0 radical (unpaired) electrons. The molecule has 1 aliphatic heterocycles. The lowest BCUT2D eigenvalue weighted by Crippen LogP contribution is -2.41. The van der Waals surface area contributed by atoms with Gasteiger partial charge in [0.1, 0.15) is 0 Å². The smallest absolute Gasteiger partial charge is 0.399 e. The molecule has 5 rings (SSSR count). The Hall–Kier alpha value is -2.10. The van der Waals surface area contributed by atoms with Gasteiger partial charge in [-0.2, -0.15) is 0 Å². The molecule has 0 N–H and O–H groups in total.